The summed E-state index contributed by atoms with van der Waals surface area (Å²) in [5.74, 6) is 0.490. The van der Waals surface area contributed by atoms with Crippen LogP contribution < -0.4 is 11.1 Å². The largest absolute Gasteiger partial charge is 0.399 e. The van der Waals surface area contributed by atoms with Gasteiger partial charge in [-0.15, -0.1) is 0 Å². The minimum absolute atomic E-state index is 0.0776. The van der Waals surface area contributed by atoms with Gasteiger partial charge in [0.1, 0.15) is 0 Å². The Morgan fingerprint density at radius 2 is 2.00 bits per heavy atom. The van der Waals surface area contributed by atoms with Crippen molar-refractivity contribution in [2.45, 2.75) is 33.2 Å². The predicted molar refractivity (Wildman–Crippen MR) is 74.9 cm³/mol. The van der Waals surface area contributed by atoms with Crippen LogP contribution >= 0.6 is 15.9 Å². The van der Waals surface area contributed by atoms with E-state index >= 15 is 0 Å². The molecule has 1 aromatic carbocycles. The third-order valence-electron chi connectivity index (χ3n) is 2.38. The first-order chi connectivity index (χ1) is 7.88. The molecule has 0 saturated heterocycles. The van der Waals surface area contributed by atoms with E-state index in [1.165, 1.54) is 0 Å². The van der Waals surface area contributed by atoms with Crippen molar-refractivity contribution in [1.29, 1.82) is 0 Å². The average Bonchev–Trinajstić information content (AvgIpc) is 2.14. The molecule has 3 N–H and O–H groups in total. The number of carbonyl (C=O) groups excluding carboxylic acids is 1. The summed E-state index contributed by atoms with van der Waals surface area (Å²) in [5, 5.41) is 2.97. The number of amides is 1. The highest BCUT2D eigenvalue weighted by atomic mass is 79.9. The van der Waals surface area contributed by atoms with E-state index in [-0.39, 0.29) is 11.9 Å². The summed E-state index contributed by atoms with van der Waals surface area (Å²) >= 11 is 3.33. The second-order valence-electron chi connectivity index (χ2n) is 4.78. The second-order valence-corrected chi connectivity index (χ2v) is 5.69. The maximum atomic E-state index is 12.0. The zero-order valence-corrected chi connectivity index (χ0v) is 12.0. The lowest BCUT2D eigenvalue weighted by Gasteiger charge is -2.16. The zero-order chi connectivity index (χ0) is 13.0. The summed E-state index contributed by atoms with van der Waals surface area (Å²) < 4.78 is 0.819. The summed E-state index contributed by atoms with van der Waals surface area (Å²) in [7, 11) is 0. The fourth-order valence-electron chi connectivity index (χ4n) is 1.82. The Morgan fingerprint density at radius 1 is 1.35 bits per heavy atom. The molecule has 4 heteroatoms. The van der Waals surface area contributed by atoms with Gasteiger partial charge in [0, 0.05) is 21.8 Å². The van der Waals surface area contributed by atoms with Gasteiger partial charge < -0.3 is 11.1 Å². The highest BCUT2D eigenvalue weighted by Gasteiger charge is 2.11. The molecule has 0 fully saturated rings. The molecule has 0 aliphatic heterocycles. The summed E-state index contributed by atoms with van der Waals surface area (Å²) in [6.45, 7) is 6.29. The van der Waals surface area contributed by atoms with Crippen LogP contribution in [0.2, 0.25) is 0 Å². The van der Waals surface area contributed by atoms with Gasteiger partial charge in [-0.25, -0.2) is 0 Å². The SMILES string of the molecule is CC(C)CC(C)NC(=O)c1cc(N)cc(Br)c1. The number of hydrogen-bond donors (Lipinski definition) is 2. The first-order valence-corrected chi connectivity index (χ1v) is 6.54. The van der Waals surface area contributed by atoms with Crippen LogP contribution in [-0.2, 0) is 0 Å². The van der Waals surface area contributed by atoms with Crippen molar-refractivity contribution in [2.75, 3.05) is 5.73 Å². The lowest BCUT2D eigenvalue weighted by molar-refractivity contribution is 0.0936. The van der Waals surface area contributed by atoms with E-state index in [1.807, 2.05) is 6.92 Å². The van der Waals surface area contributed by atoms with Crippen molar-refractivity contribution in [3.63, 3.8) is 0 Å². The fourth-order valence-corrected chi connectivity index (χ4v) is 2.33. The molecular weight excluding hydrogens is 280 g/mol. The van der Waals surface area contributed by atoms with Gasteiger partial charge in [0.2, 0.25) is 0 Å². The Bertz CT molecular complexity index is 384. The molecule has 1 amide bonds. The first kappa shape index (κ1) is 14.0. The molecule has 1 aromatic rings. The highest BCUT2D eigenvalue weighted by molar-refractivity contribution is 9.10. The van der Waals surface area contributed by atoms with Gasteiger partial charge in [-0.3, -0.25) is 4.79 Å². The molecule has 1 unspecified atom stereocenters. The van der Waals surface area contributed by atoms with E-state index in [1.54, 1.807) is 18.2 Å². The van der Waals surface area contributed by atoms with Crippen LogP contribution in [0.5, 0.6) is 0 Å². The number of nitrogens with one attached hydrogen (secondary N) is 1. The normalized spacial score (nSPS) is 12.5. The van der Waals surface area contributed by atoms with Gasteiger partial charge in [-0.2, -0.15) is 0 Å². The van der Waals surface area contributed by atoms with Gasteiger partial charge in [0.15, 0.2) is 0 Å². The van der Waals surface area contributed by atoms with Gasteiger partial charge >= 0.3 is 0 Å². The molecule has 0 bridgehead atoms. The van der Waals surface area contributed by atoms with Crippen LogP contribution in [0.25, 0.3) is 0 Å². The van der Waals surface area contributed by atoms with Crippen LogP contribution in [0.15, 0.2) is 22.7 Å². The average molecular weight is 299 g/mol. The number of hydrogen-bond acceptors (Lipinski definition) is 2. The summed E-state index contributed by atoms with van der Waals surface area (Å²) in [6, 6.07) is 5.40. The smallest absolute Gasteiger partial charge is 0.251 e. The molecule has 0 aromatic heterocycles. The molecule has 0 aliphatic rings. The minimum atomic E-state index is -0.0776. The molecule has 0 heterocycles. The van der Waals surface area contributed by atoms with Crippen LogP contribution in [0.3, 0.4) is 0 Å². The number of halogens is 1. The molecule has 3 nitrogen and oxygen atoms in total. The topological polar surface area (TPSA) is 55.1 Å². The van der Waals surface area contributed by atoms with Gasteiger partial charge in [0.05, 0.1) is 0 Å². The monoisotopic (exact) mass is 298 g/mol. The third-order valence-corrected chi connectivity index (χ3v) is 2.84. The van der Waals surface area contributed by atoms with E-state index in [0.717, 1.165) is 10.9 Å². The van der Waals surface area contributed by atoms with Crippen molar-refractivity contribution in [1.82, 2.24) is 5.32 Å². The molecule has 1 rings (SSSR count). The summed E-state index contributed by atoms with van der Waals surface area (Å²) in [4.78, 5) is 12.0. The molecule has 17 heavy (non-hydrogen) atoms. The Kier molecular flexibility index (Phi) is 5.00. The number of carbonyl (C=O) groups is 1. The highest BCUT2D eigenvalue weighted by Crippen LogP contribution is 2.17. The van der Waals surface area contributed by atoms with Gasteiger partial charge in [-0.05, 0) is 37.5 Å². The third kappa shape index (κ3) is 4.77. The maximum Gasteiger partial charge on any atom is 0.251 e. The number of nitrogen functional groups attached to an aromatic ring is 1. The Morgan fingerprint density at radius 3 is 2.53 bits per heavy atom. The van der Waals surface area contributed by atoms with E-state index < -0.39 is 0 Å². The number of rotatable bonds is 4. The van der Waals surface area contributed by atoms with E-state index in [2.05, 4.69) is 35.1 Å². The van der Waals surface area contributed by atoms with E-state index in [0.29, 0.717) is 17.2 Å². The van der Waals surface area contributed by atoms with Crippen molar-refractivity contribution in [3.05, 3.63) is 28.2 Å². The lowest BCUT2D eigenvalue weighted by atomic mass is 10.0. The van der Waals surface area contributed by atoms with Crippen molar-refractivity contribution < 1.29 is 4.79 Å². The fraction of sp³-hybridized carbons (Fsp3) is 0.462. The van der Waals surface area contributed by atoms with Crippen molar-refractivity contribution >= 4 is 27.5 Å². The quantitative estimate of drug-likeness (QED) is 0.839. The molecule has 0 saturated carbocycles. The van der Waals surface area contributed by atoms with Crippen LogP contribution in [0.1, 0.15) is 37.6 Å². The molecule has 0 spiro atoms. The predicted octanol–water partition coefficient (Wildman–Crippen LogP) is 3.20. The van der Waals surface area contributed by atoms with Gasteiger partial charge in [-0.1, -0.05) is 29.8 Å². The minimum Gasteiger partial charge on any atom is -0.399 e. The molecule has 0 radical (unpaired) electrons. The molecule has 94 valence electrons. The van der Waals surface area contributed by atoms with Crippen molar-refractivity contribution in [2.24, 2.45) is 5.92 Å². The molecule has 0 aliphatic carbocycles. The van der Waals surface area contributed by atoms with E-state index in [9.17, 15) is 4.79 Å². The Hall–Kier alpha value is -1.03. The zero-order valence-electron chi connectivity index (χ0n) is 10.5. The first-order valence-electron chi connectivity index (χ1n) is 5.75. The number of benzene rings is 1. The second kappa shape index (κ2) is 6.05. The standard InChI is InChI=1S/C13H19BrN2O/c1-8(2)4-9(3)16-13(17)10-5-11(14)7-12(15)6-10/h5-9H,4,15H2,1-3H3,(H,16,17). The summed E-state index contributed by atoms with van der Waals surface area (Å²) in [5.41, 5.74) is 6.87. The maximum absolute atomic E-state index is 12.0. The Balaban J connectivity index is 2.69. The van der Waals surface area contributed by atoms with Crippen molar-refractivity contribution in [3.8, 4) is 0 Å². The lowest BCUT2D eigenvalue weighted by Crippen LogP contribution is -2.33. The molecule has 1 atom stereocenters. The molecular formula is C13H19BrN2O. The number of nitrogens with two attached hydrogens (primary N) is 1. The summed E-state index contributed by atoms with van der Waals surface area (Å²) in [6.07, 6.45) is 0.967. The van der Waals surface area contributed by atoms with Crippen LogP contribution in [-0.4, -0.2) is 11.9 Å². The number of anilines is 1. The Labute approximate surface area is 111 Å². The van der Waals surface area contributed by atoms with Crippen LogP contribution in [0, 0.1) is 5.92 Å². The van der Waals surface area contributed by atoms with Gasteiger partial charge in [0.25, 0.3) is 5.91 Å². The van der Waals surface area contributed by atoms with E-state index in [4.69, 9.17) is 5.73 Å². The van der Waals surface area contributed by atoms with Crippen LogP contribution in [0.4, 0.5) is 5.69 Å².